The van der Waals surface area contributed by atoms with Gasteiger partial charge in [-0.1, -0.05) is 12.1 Å². The van der Waals surface area contributed by atoms with Crippen molar-refractivity contribution in [3.63, 3.8) is 0 Å². The molecule has 1 aromatic carbocycles. The lowest BCUT2D eigenvalue weighted by Crippen LogP contribution is -2.10. The van der Waals surface area contributed by atoms with Gasteiger partial charge in [0.2, 0.25) is 0 Å². The van der Waals surface area contributed by atoms with Gasteiger partial charge in [-0.25, -0.2) is 4.58 Å². The summed E-state index contributed by atoms with van der Waals surface area (Å²) in [6, 6.07) is 10.9. The van der Waals surface area contributed by atoms with Crippen molar-refractivity contribution < 1.29 is 4.58 Å². The number of hydrogen-bond donors (Lipinski definition) is 0. The average molecular weight is 414 g/mol. The van der Waals surface area contributed by atoms with E-state index in [1.807, 2.05) is 0 Å². The van der Waals surface area contributed by atoms with Crippen molar-refractivity contribution in [3.8, 4) is 0 Å². The summed E-state index contributed by atoms with van der Waals surface area (Å²) < 4.78 is 3.28. The van der Waals surface area contributed by atoms with Crippen molar-refractivity contribution >= 4 is 44.2 Å². The number of nitrogens with zero attached hydrogens (tertiary/aromatic N) is 2. The Morgan fingerprint density at radius 1 is 0.960 bits per heavy atom. The normalized spacial score (nSPS) is 13.3. The summed E-state index contributed by atoms with van der Waals surface area (Å²) in [7, 11) is 8.26. The smallest absolute Gasteiger partial charge is 0.199 e. The first-order valence-electron chi connectivity index (χ1n) is 8.13. The van der Waals surface area contributed by atoms with Gasteiger partial charge < -0.3 is 4.90 Å². The van der Waals surface area contributed by atoms with Crippen LogP contribution in [0.5, 0.6) is 0 Å². The molecule has 0 amide bonds. The Morgan fingerprint density at radius 3 is 2.08 bits per heavy atom. The summed E-state index contributed by atoms with van der Waals surface area (Å²) in [6.45, 7) is 0. The van der Waals surface area contributed by atoms with Crippen molar-refractivity contribution in [2.75, 3.05) is 33.1 Å². The Kier molecular flexibility index (Phi) is 5.40. The van der Waals surface area contributed by atoms with Crippen molar-refractivity contribution in [3.05, 3.63) is 80.5 Å². The van der Waals surface area contributed by atoms with Gasteiger partial charge in [0.25, 0.3) is 0 Å². The fourth-order valence-electron chi connectivity index (χ4n) is 2.80. The molecule has 1 heterocycles. The lowest BCUT2D eigenvalue weighted by molar-refractivity contribution is -0.462. The van der Waals surface area contributed by atoms with E-state index in [0.29, 0.717) is 0 Å². The summed E-state index contributed by atoms with van der Waals surface area (Å²) in [5, 5.41) is 2.13. The van der Waals surface area contributed by atoms with Gasteiger partial charge in [-0.05, 0) is 68.4 Å². The minimum absolute atomic E-state index is 1.16. The monoisotopic (exact) mass is 413 g/mol. The van der Waals surface area contributed by atoms with Crippen LogP contribution in [0.15, 0.2) is 69.4 Å². The van der Waals surface area contributed by atoms with E-state index >= 15 is 0 Å². The van der Waals surface area contributed by atoms with Crippen molar-refractivity contribution in [1.29, 1.82) is 0 Å². The van der Waals surface area contributed by atoms with Gasteiger partial charge in [0.05, 0.1) is 3.79 Å². The SMILES string of the molecule is CN(C)c1ccc(C(=C2C=CC(=[N+](C)C)C=C2)c2ccsc2Br)cc1. The van der Waals surface area contributed by atoms with Crippen LogP contribution < -0.4 is 4.90 Å². The molecule has 4 heteroatoms. The van der Waals surface area contributed by atoms with Gasteiger partial charge in [-0.15, -0.1) is 11.3 Å². The summed E-state index contributed by atoms with van der Waals surface area (Å²) in [4.78, 5) is 2.12. The van der Waals surface area contributed by atoms with Crippen LogP contribution in [0.3, 0.4) is 0 Å². The molecule has 0 spiro atoms. The molecular weight excluding hydrogens is 392 g/mol. The number of allylic oxidation sites excluding steroid dienone is 5. The van der Waals surface area contributed by atoms with Crippen molar-refractivity contribution in [2.24, 2.45) is 0 Å². The van der Waals surface area contributed by atoms with E-state index in [9.17, 15) is 0 Å². The molecule has 25 heavy (non-hydrogen) atoms. The zero-order valence-electron chi connectivity index (χ0n) is 15.0. The quantitative estimate of drug-likeness (QED) is 0.625. The second-order valence-corrected chi connectivity index (χ2v) is 8.60. The summed E-state index contributed by atoms with van der Waals surface area (Å²) in [6.07, 6.45) is 8.75. The fraction of sp³-hybridized carbons (Fsp3) is 0.190. The molecule has 3 rings (SSSR count). The summed E-state index contributed by atoms with van der Waals surface area (Å²) >= 11 is 5.44. The van der Waals surface area contributed by atoms with E-state index in [-0.39, 0.29) is 0 Å². The first kappa shape index (κ1) is 17.9. The predicted octanol–water partition coefficient (Wildman–Crippen LogP) is 5.22. The summed E-state index contributed by atoms with van der Waals surface area (Å²) in [5.74, 6) is 0. The average Bonchev–Trinajstić information content (AvgIpc) is 3.02. The molecule has 0 radical (unpaired) electrons. The molecule has 1 aliphatic rings. The van der Waals surface area contributed by atoms with Gasteiger partial charge in [0.1, 0.15) is 14.1 Å². The third-order valence-electron chi connectivity index (χ3n) is 4.23. The lowest BCUT2D eigenvalue weighted by atomic mass is 9.92. The number of hydrogen-bond acceptors (Lipinski definition) is 2. The molecule has 0 saturated heterocycles. The number of halogens is 1. The van der Waals surface area contributed by atoms with Gasteiger partial charge in [-0.2, -0.15) is 0 Å². The maximum atomic E-state index is 3.72. The maximum absolute atomic E-state index is 3.72. The van der Waals surface area contributed by atoms with Crippen molar-refractivity contribution in [1.82, 2.24) is 0 Å². The maximum Gasteiger partial charge on any atom is 0.199 e. The van der Waals surface area contributed by atoms with Crippen LogP contribution in [0.4, 0.5) is 5.69 Å². The van der Waals surface area contributed by atoms with Crippen LogP contribution in [0, 0.1) is 0 Å². The molecule has 0 saturated carbocycles. The minimum Gasteiger partial charge on any atom is -0.378 e. The molecule has 0 fully saturated rings. The van der Waals surface area contributed by atoms with Gasteiger partial charge >= 0.3 is 0 Å². The van der Waals surface area contributed by atoms with Crippen LogP contribution in [0.2, 0.25) is 0 Å². The van der Waals surface area contributed by atoms with Crippen LogP contribution in [0.1, 0.15) is 11.1 Å². The third-order valence-corrected chi connectivity index (χ3v) is 5.92. The highest BCUT2D eigenvalue weighted by molar-refractivity contribution is 9.11. The number of anilines is 1. The van der Waals surface area contributed by atoms with Crippen LogP contribution in [0.25, 0.3) is 5.57 Å². The van der Waals surface area contributed by atoms with Gasteiger partial charge in [0.15, 0.2) is 5.71 Å². The van der Waals surface area contributed by atoms with Gasteiger partial charge in [-0.3, -0.25) is 0 Å². The molecular formula is C21H22BrN2S+. The standard InChI is InChI=1S/C21H22BrN2S/c1-23(2)17-9-5-15(6-10-17)20(19-13-14-25-21(19)22)16-7-11-18(12-8-16)24(3)4/h5-14H,1-4H3/q+1. The molecule has 1 aliphatic carbocycles. The Hall–Kier alpha value is -1.91. The van der Waals surface area contributed by atoms with E-state index in [1.165, 1.54) is 33.7 Å². The molecule has 128 valence electrons. The summed E-state index contributed by atoms with van der Waals surface area (Å²) in [5.41, 5.74) is 7.35. The van der Waals surface area contributed by atoms with Crippen LogP contribution >= 0.6 is 27.3 Å². The topological polar surface area (TPSA) is 6.25 Å². The first-order chi connectivity index (χ1) is 12.0. The Morgan fingerprint density at radius 2 is 1.60 bits per heavy atom. The molecule has 2 nitrogen and oxygen atoms in total. The van der Waals surface area contributed by atoms with E-state index in [4.69, 9.17) is 0 Å². The second kappa shape index (κ2) is 7.54. The zero-order chi connectivity index (χ0) is 18.0. The Balaban J connectivity index is 2.14. The number of rotatable bonds is 3. The minimum atomic E-state index is 1.16. The molecule has 0 unspecified atom stereocenters. The van der Waals surface area contributed by atoms with E-state index < -0.39 is 0 Å². The third kappa shape index (κ3) is 3.86. The zero-order valence-corrected chi connectivity index (χ0v) is 17.4. The molecule has 0 N–H and O–H groups in total. The lowest BCUT2D eigenvalue weighted by Gasteiger charge is -2.16. The van der Waals surface area contributed by atoms with E-state index in [0.717, 1.165) is 3.79 Å². The number of thiophene rings is 1. The molecule has 0 bridgehead atoms. The molecule has 0 aliphatic heterocycles. The van der Waals surface area contributed by atoms with Gasteiger partial charge in [0, 0.05) is 37.5 Å². The fourth-order valence-corrected chi connectivity index (χ4v) is 4.08. The highest BCUT2D eigenvalue weighted by Gasteiger charge is 2.16. The Bertz CT molecular complexity index is 874. The second-order valence-electron chi connectivity index (χ2n) is 6.37. The van der Waals surface area contributed by atoms with Crippen LogP contribution in [-0.2, 0) is 0 Å². The first-order valence-corrected chi connectivity index (χ1v) is 9.80. The highest BCUT2D eigenvalue weighted by Crippen LogP contribution is 2.37. The number of benzene rings is 1. The van der Waals surface area contributed by atoms with Crippen LogP contribution in [-0.4, -0.2) is 38.5 Å². The van der Waals surface area contributed by atoms with Crippen molar-refractivity contribution in [2.45, 2.75) is 0 Å². The van der Waals surface area contributed by atoms with E-state index in [1.54, 1.807) is 11.3 Å². The largest absolute Gasteiger partial charge is 0.378 e. The molecule has 1 aromatic heterocycles. The molecule has 2 aromatic rings. The van der Waals surface area contributed by atoms with E-state index in [2.05, 4.69) is 114 Å². The predicted molar refractivity (Wildman–Crippen MR) is 114 cm³/mol. The molecule has 0 atom stereocenters. The highest BCUT2D eigenvalue weighted by atomic mass is 79.9. The Labute approximate surface area is 162 Å².